The molecular weight excluding hydrogens is 219 g/mol. The van der Waals surface area contributed by atoms with Gasteiger partial charge < -0.3 is 4.90 Å². The lowest BCUT2D eigenvalue weighted by Crippen LogP contribution is -2.27. The molecule has 0 aliphatic heterocycles. The summed E-state index contributed by atoms with van der Waals surface area (Å²) in [4.78, 5) is 12.8. The van der Waals surface area contributed by atoms with Crippen molar-refractivity contribution in [1.29, 1.82) is 0 Å². The average Bonchev–Trinajstić information content (AvgIpc) is 2.24. The molecular formula is C11H10F3NO. The van der Waals surface area contributed by atoms with Crippen LogP contribution in [-0.4, -0.2) is 24.4 Å². The molecule has 0 atom stereocenters. The first-order valence-corrected chi connectivity index (χ1v) is 4.48. The number of benzene rings is 1. The third-order valence-electron chi connectivity index (χ3n) is 1.98. The smallest absolute Gasteiger partial charge is 0.254 e. The standard InChI is InChI=1S/C11H10F3NO/c1-3-4-15(2)11(16)7-5-8(12)10(14)9(13)6-7/h3,5-6H,1,4H2,2H3. The highest BCUT2D eigenvalue weighted by Crippen LogP contribution is 2.14. The average molecular weight is 229 g/mol. The first-order valence-electron chi connectivity index (χ1n) is 4.48. The van der Waals surface area contributed by atoms with Crippen LogP contribution in [0.5, 0.6) is 0 Å². The van der Waals surface area contributed by atoms with Crippen LogP contribution in [0.1, 0.15) is 10.4 Å². The Kier molecular flexibility index (Phi) is 3.71. The van der Waals surface area contributed by atoms with Crippen LogP contribution < -0.4 is 0 Å². The van der Waals surface area contributed by atoms with Gasteiger partial charge in [0.1, 0.15) is 0 Å². The number of halogens is 3. The number of carbonyl (C=O) groups is 1. The van der Waals surface area contributed by atoms with Crippen molar-refractivity contribution in [3.63, 3.8) is 0 Å². The Morgan fingerprint density at radius 3 is 2.31 bits per heavy atom. The monoisotopic (exact) mass is 229 g/mol. The molecule has 1 amide bonds. The van der Waals surface area contributed by atoms with E-state index in [1.807, 2.05) is 0 Å². The van der Waals surface area contributed by atoms with Gasteiger partial charge in [0.2, 0.25) is 0 Å². The second-order valence-electron chi connectivity index (χ2n) is 3.23. The molecule has 0 saturated heterocycles. The quantitative estimate of drug-likeness (QED) is 0.575. The first-order chi connectivity index (χ1) is 7.47. The van der Waals surface area contributed by atoms with Crippen molar-refractivity contribution in [1.82, 2.24) is 4.90 Å². The van der Waals surface area contributed by atoms with Crippen molar-refractivity contribution >= 4 is 5.91 Å². The van der Waals surface area contributed by atoms with Crippen LogP contribution in [0.25, 0.3) is 0 Å². The van der Waals surface area contributed by atoms with Crippen LogP contribution in [0.2, 0.25) is 0 Å². The number of rotatable bonds is 3. The highest BCUT2D eigenvalue weighted by atomic mass is 19.2. The lowest BCUT2D eigenvalue weighted by molar-refractivity contribution is 0.0809. The number of likely N-dealkylation sites (N-methyl/N-ethyl adjacent to an activating group) is 1. The van der Waals surface area contributed by atoms with Crippen LogP contribution in [0, 0.1) is 17.5 Å². The van der Waals surface area contributed by atoms with Crippen molar-refractivity contribution in [3.8, 4) is 0 Å². The van der Waals surface area contributed by atoms with E-state index in [1.165, 1.54) is 18.0 Å². The van der Waals surface area contributed by atoms with Crippen molar-refractivity contribution in [2.45, 2.75) is 0 Å². The van der Waals surface area contributed by atoms with Crippen LogP contribution in [-0.2, 0) is 0 Å². The molecule has 2 nitrogen and oxygen atoms in total. The van der Waals surface area contributed by atoms with E-state index in [9.17, 15) is 18.0 Å². The normalized spacial score (nSPS) is 10.0. The Hall–Kier alpha value is -1.78. The molecule has 0 unspecified atom stereocenters. The summed E-state index contributed by atoms with van der Waals surface area (Å²) in [6.45, 7) is 3.66. The largest absolute Gasteiger partial charge is 0.338 e. The Bertz CT molecular complexity index is 408. The first kappa shape index (κ1) is 12.3. The molecule has 0 N–H and O–H groups in total. The molecule has 1 rings (SSSR count). The van der Waals surface area contributed by atoms with Gasteiger partial charge in [-0.2, -0.15) is 0 Å². The molecule has 0 radical (unpaired) electrons. The molecule has 0 heterocycles. The zero-order valence-corrected chi connectivity index (χ0v) is 8.64. The molecule has 86 valence electrons. The van der Waals surface area contributed by atoms with E-state index in [2.05, 4.69) is 6.58 Å². The fraction of sp³-hybridized carbons (Fsp3) is 0.182. The maximum absolute atomic E-state index is 12.8. The van der Waals surface area contributed by atoms with Crippen LogP contribution in [0.15, 0.2) is 24.8 Å². The summed E-state index contributed by atoms with van der Waals surface area (Å²) in [5.41, 5.74) is -0.235. The molecule has 1 aromatic rings. The van der Waals surface area contributed by atoms with Gasteiger partial charge in [0.15, 0.2) is 17.5 Å². The molecule has 0 spiro atoms. The molecule has 1 aromatic carbocycles. The maximum Gasteiger partial charge on any atom is 0.254 e. The summed E-state index contributed by atoms with van der Waals surface area (Å²) in [5, 5.41) is 0. The zero-order chi connectivity index (χ0) is 12.3. The van der Waals surface area contributed by atoms with Gasteiger partial charge in [-0.25, -0.2) is 13.2 Å². The number of hydrogen-bond acceptors (Lipinski definition) is 1. The predicted octanol–water partition coefficient (Wildman–Crippen LogP) is 2.36. The number of amides is 1. The molecule has 0 bridgehead atoms. The minimum absolute atomic E-state index is 0.235. The minimum Gasteiger partial charge on any atom is -0.338 e. The summed E-state index contributed by atoms with van der Waals surface area (Å²) < 4.78 is 38.3. The lowest BCUT2D eigenvalue weighted by atomic mass is 10.2. The zero-order valence-electron chi connectivity index (χ0n) is 8.64. The molecule has 16 heavy (non-hydrogen) atoms. The van der Waals surface area contributed by atoms with Gasteiger partial charge in [-0.1, -0.05) is 6.08 Å². The Morgan fingerprint density at radius 1 is 1.38 bits per heavy atom. The van der Waals surface area contributed by atoms with Crippen molar-refractivity contribution < 1.29 is 18.0 Å². The summed E-state index contributed by atoms with van der Waals surface area (Å²) >= 11 is 0. The summed E-state index contributed by atoms with van der Waals surface area (Å²) in [5.74, 6) is -4.94. The van der Waals surface area contributed by atoms with E-state index in [4.69, 9.17) is 0 Å². The van der Waals surface area contributed by atoms with E-state index in [0.717, 1.165) is 0 Å². The van der Waals surface area contributed by atoms with Gasteiger partial charge in [0.25, 0.3) is 5.91 Å². The van der Waals surface area contributed by atoms with Gasteiger partial charge in [-0.15, -0.1) is 6.58 Å². The van der Waals surface area contributed by atoms with Crippen molar-refractivity contribution in [3.05, 3.63) is 47.8 Å². The number of hydrogen-bond donors (Lipinski definition) is 0. The van der Waals surface area contributed by atoms with Gasteiger partial charge in [-0.05, 0) is 12.1 Å². The minimum atomic E-state index is -1.58. The predicted molar refractivity (Wildman–Crippen MR) is 53.5 cm³/mol. The van der Waals surface area contributed by atoms with Gasteiger partial charge in [0.05, 0.1) is 0 Å². The molecule has 0 aliphatic carbocycles. The van der Waals surface area contributed by atoms with Gasteiger partial charge >= 0.3 is 0 Å². The van der Waals surface area contributed by atoms with E-state index in [0.29, 0.717) is 12.1 Å². The Balaban J connectivity index is 3.05. The third kappa shape index (κ3) is 2.42. The van der Waals surface area contributed by atoms with E-state index in [1.54, 1.807) is 0 Å². The fourth-order valence-electron chi connectivity index (χ4n) is 1.18. The van der Waals surface area contributed by atoms with Gasteiger partial charge in [0, 0.05) is 19.2 Å². The maximum atomic E-state index is 12.8. The molecule has 0 aromatic heterocycles. The number of carbonyl (C=O) groups excluding carboxylic acids is 1. The lowest BCUT2D eigenvalue weighted by Gasteiger charge is -2.14. The summed E-state index contributed by atoms with van der Waals surface area (Å²) in [6.07, 6.45) is 1.47. The van der Waals surface area contributed by atoms with Crippen molar-refractivity contribution in [2.75, 3.05) is 13.6 Å². The summed E-state index contributed by atoms with van der Waals surface area (Å²) in [7, 11) is 1.45. The Morgan fingerprint density at radius 2 is 1.88 bits per heavy atom. The van der Waals surface area contributed by atoms with Crippen LogP contribution in [0.4, 0.5) is 13.2 Å². The van der Waals surface area contributed by atoms with E-state index >= 15 is 0 Å². The van der Waals surface area contributed by atoms with E-state index < -0.39 is 23.4 Å². The highest BCUT2D eigenvalue weighted by Gasteiger charge is 2.16. The second kappa shape index (κ2) is 4.83. The van der Waals surface area contributed by atoms with E-state index in [-0.39, 0.29) is 12.1 Å². The molecule has 0 saturated carbocycles. The fourth-order valence-corrected chi connectivity index (χ4v) is 1.18. The number of nitrogens with zero attached hydrogens (tertiary/aromatic N) is 1. The van der Waals surface area contributed by atoms with Gasteiger partial charge in [-0.3, -0.25) is 4.79 Å². The topological polar surface area (TPSA) is 20.3 Å². The molecule has 5 heteroatoms. The van der Waals surface area contributed by atoms with Crippen LogP contribution >= 0.6 is 0 Å². The second-order valence-corrected chi connectivity index (χ2v) is 3.23. The van der Waals surface area contributed by atoms with Crippen LogP contribution in [0.3, 0.4) is 0 Å². The highest BCUT2D eigenvalue weighted by molar-refractivity contribution is 5.94. The molecule has 0 aliphatic rings. The van der Waals surface area contributed by atoms with Crippen molar-refractivity contribution in [2.24, 2.45) is 0 Å². The molecule has 0 fully saturated rings. The Labute approximate surface area is 91.0 Å². The third-order valence-corrected chi connectivity index (χ3v) is 1.98. The summed E-state index contributed by atoms with van der Waals surface area (Å²) in [6, 6.07) is 1.33. The SMILES string of the molecule is C=CCN(C)C(=O)c1cc(F)c(F)c(F)c1.